The molecule has 3 aromatic rings. The van der Waals surface area contributed by atoms with Crippen molar-refractivity contribution in [1.29, 1.82) is 0 Å². The molecule has 0 bridgehead atoms. The Bertz CT molecular complexity index is 1010. The fraction of sp³-hybridized carbons (Fsp3) is 0.176. The van der Waals surface area contributed by atoms with Crippen LogP contribution in [0.3, 0.4) is 0 Å². The molecule has 0 unspecified atom stereocenters. The molecule has 0 aliphatic carbocycles. The Balaban J connectivity index is 1.58. The number of carbonyl (C=O) groups is 1. The molecule has 1 amide bonds. The van der Waals surface area contributed by atoms with Gasteiger partial charge in [0.25, 0.3) is 5.91 Å². The molecule has 0 saturated carbocycles. The number of hydrogen-bond donors (Lipinski definition) is 2. The minimum atomic E-state index is -0.519. The number of H-pyrrole nitrogens is 1. The summed E-state index contributed by atoms with van der Waals surface area (Å²) in [6.45, 7) is 3.94. The number of aromatic nitrogens is 4. The van der Waals surface area contributed by atoms with Gasteiger partial charge in [-0.25, -0.2) is 9.37 Å². The second-order valence-corrected chi connectivity index (χ2v) is 6.68. The van der Waals surface area contributed by atoms with Gasteiger partial charge in [0.2, 0.25) is 0 Å². The van der Waals surface area contributed by atoms with Crippen LogP contribution in [0.2, 0.25) is 0 Å². The first-order valence-electron chi connectivity index (χ1n) is 7.93. The zero-order chi connectivity index (χ0) is 19.2. The van der Waals surface area contributed by atoms with Crippen molar-refractivity contribution in [3.63, 3.8) is 0 Å². The number of nitrogens with one attached hydrogen (secondary N) is 2. The Kier molecular flexibility index (Phi) is 6.09. The third-order valence-corrected chi connectivity index (χ3v) is 4.60. The van der Waals surface area contributed by atoms with Gasteiger partial charge in [-0.05, 0) is 24.4 Å². The lowest BCUT2D eigenvalue weighted by atomic mass is 10.3. The number of aromatic amines is 1. The molecule has 0 aliphatic rings. The molecular weight excluding hydrogens is 389 g/mol. The predicted molar refractivity (Wildman–Crippen MR) is 103 cm³/mol. The maximum atomic E-state index is 13.5. The van der Waals surface area contributed by atoms with Crippen molar-refractivity contribution in [2.75, 3.05) is 11.9 Å². The number of anilines is 1. The molecule has 140 valence electrons. The largest absolute Gasteiger partial charge is 0.481 e. The third-order valence-electron chi connectivity index (χ3n) is 3.48. The van der Waals surface area contributed by atoms with E-state index in [2.05, 4.69) is 27.1 Å². The highest BCUT2D eigenvalue weighted by molar-refractivity contribution is 7.71. The molecular formula is C17H16FN5O2S2. The number of para-hydroxylation sites is 1. The average Bonchev–Trinajstić information content (AvgIpc) is 3.23. The van der Waals surface area contributed by atoms with Crippen molar-refractivity contribution in [3.8, 4) is 5.75 Å². The van der Waals surface area contributed by atoms with Crippen molar-refractivity contribution < 1.29 is 13.9 Å². The van der Waals surface area contributed by atoms with Gasteiger partial charge >= 0.3 is 0 Å². The number of halogens is 1. The Labute approximate surface area is 163 Å². The van der Waals surface area contributed by atoms with Crippen LogP contribution in [0.15, 0.2) is 42.3 Å². The number of hydrogen-bond acceptors (Lipinski definition) is 6. The zero-order valence-electron chi connectivity index (χ0n) is 14.1. The van der Waals surface area contributed by atoms with Gasteiger partial charge in [-0.15, -0.1) is 17.9 Å². The van der Waals surface area contributed by atoms with Crippen LogP contribution in [-0.4, -0.2) is 32.3 Å². The topological polar surface area (TPSA) is 84.8 Å². The number of rotatable bonds is 8. The highest BCUT2D eigenvalue weighted by Crippen LogP contribution is 2.18. The van der Waals surface area contributed by atoms with Crippen molar-refractivity contribution in [1.82, 2.24) is 19.7 Å². The first kappa shape index (κ1) is 18.9. The second-order valence-electron chi connectivity index (χ2n) is 5.43. The number of allylic oxidation sites excluding steroid dienone is 1. The number of benzene rings is 1. The first-order chi connectivity index (χ1) is 13.1. The van der Waals surface area contributed by atoms with Gasteiger partial charge in [0.15, 0.2) is 28.1 Å². The summed E-state index contributed by atoms with van der Waals surface area (Å²) in [6, 6.07) is 5.90. The highest BCUT2D eigenvalue weighted by Gasteiger charge is 2.12. The summed E-state index contributed by atoms with van der Waals surface area (Å²) in [5.74, 6) is -0.188. The Morgan fingerprint density at radius 1 is 1.48 bits per heavy atom. The Morgan fingerprint density at radius 3 is 3.07 bits per heavy atom. The van der Waals surface area contributed by atoms with Gasteiger partial charge < -0.3 is 4.74 Å². The first-order valence-corrected chi connectivity index (χ1v) is 9.22. The van der Waals surface area contributed by atoms with E-state index in [0.717, 1.165) is 11.5 Å². The lowest BCUT2D eigenvalue weighted by molar-refractivity contribution is -0.118. The van der Waals surface area contributed by atoms with E-state index < -0.39 is 11.7 Å². The van der Waals surface area contributed by atoms with Crippen LogP contribution in [0.5, 0.6) is 5.75 Å². The van der Waals surface area contributed by atoms with Crippen LogP contribution < -0.4 is 10.1 Å². The molecule has 2 heterocycles. The number of thiazole rings is 1. The highest BCUT2D eigenvalue weighted by atomic mass is 32.1. The molecule has 27 heavy (non-hydrogen) atoms. The summed E-state index contributed by atoms with van der Waals surface area (Å²) in [7, 11) is 0. The minimum Gasteiger partial charge on any atom is -0.481 e. The molecule has 2 N–H and O–H groups in total. The summed E-state index contributed by atoms with van der Waals surface area (Å²) in [5.41, 5.74) is 0.740. The average molecular weight is 405 g/mol. The summed E-state index contributed by atoms with van der Waals surface area (Å²) < 4.78 is 21.0. The maximum Gasteiger partial charge on any atom is 0.264 e. The van der Waals surface area contributed by atoms with Crippen LogP contribution in [0, 0.1) is 10.6 Å². The van der Waals surface area contributed by atoms with Crippen molar-refractivity contribution in [2.45, 2.75) is 13.0 Å². The molecule has 0 fully saturated rings. The maximum absolute atomic E-state index is 13.5. The van der Waals surface area contributed by atoms with Gasteiger partial charge in [0.1, 0.15) is 5.82 Å². The molecule has 1 aromatic carbocycles. The van der Waals surface area contributed by atoms with E-state index in [0.29, 0.717) is 22.9 Å². The Hall–Kier alpha value is -2.85. The second kappa shape index (κ2) is 8.69. The molecule has 10 heteroatoms. The van der Waals surface area contributed by atoms with Crippen molar-refractivity contribution in [2.24, 2.45) is 0 Å². The van der Waals surface area contributed by atoms with Crippen LogP contribution in [-0.2, 0) is 17.8 Å². The number of nitrogens with zero attached hydrogens (tertiary/aromatic N) is 3. The number of carbonyl (C=O) groups excluding carboxylic acids is 1. The molecule has 2 aromatic heterocycles. The fourth-order valence-corrected chi connectivity index (χ4v) is 3.22. The SMILES string of the molecule is C=CCn1c(Cc2csc(NC(=O)COc3ccccc3F)n2)n[nH]c1=S. The lowest BCUT2D eigenvalue weighted by Crippen LogP contribution is -2.20. The number of ether oxygens (including phenoxy) is 1. The standard InChI is InChI=1S/C17H16FN5O2S2/c1-2-7-23-14(21-22-17(23)26)8-11-10-27-16(19-11)20-15(24)9-25-13-6-4-3-5-12(13)18/h2-6,10H,1,7-9H2,(H,22,26)(H,19,20,24). The van der Waals surface area contributed by atoms with E-state index in [-0.39, 0.29) is 12.4 Å². The predicted octanol–water partition coefficient (Wildman–Crippen LogP) is 3.33. The van der Waals surface area contributed by atoms with E-state index in [1.807, 2.05) is 9.95 Å². The lowest BCUT2D eigenvalue weighted by Gasteiger charge is -2.06. The molecule has 0 spiro atoms. The van der Waals surface area contributed by atoms with Crippen LogP contribution in [0.1, 0.15) is 11.5 Å². The van der Waals surface area contributed by atoms with Crippen molar-refractivity contribution >= 4 is 34.6 Å². The van der Waals surface area contributed by atoms with Crippen LogP contribution in [0.25, 0.3) is 0 Å². The van der Waals surface area contributed by atoms with Gasteiger partial charge in [-0.2, -0.15) is 5.10 Å². The van der Waals surface area contributed by atoms with Gasteiger partial charge in [0, 0.05) is 11.9 Å². The van der Waals surface area contributed by atoms with E-state index in [1.165, 1.54) is 23.5 Å². The summed E-state index contributed by atoms with van der Waals surface area (Å²) in [6.07, 6.45) is 2.19. The monoisotopic (exact) mass is 405 g/mol. The normalized spacial score (nSPS) is 10.6. The van der Waals surface area contributed by atoms with E-state index >= 15 is 0 Å². The van der Waals surface area contributed by atoms with E-state index in [1.54, 1.807) is 18.2 Å². The molecule has 0 atom stereocenters. The van der Waals surface area contributed by atoms with Gasteiger partial charge in [0.05, 0.1) is 12.1 Å². The van der Waals surface area contributed by atoms with Gasteiger partial charge in [-0.3, -0.25) is 19.8 Å². The quantitative estimate of drug-likeness (QED) is 0.444. The van der Waals surface area contributed by atoms with Crippen LogP contribution >= 0.6 is 23.6 Å². The van der Waals surface area contributed by atoms with Crippen LogP contribution in [0.4, 0.5) is 9.52 Å². The summed E-state index contributed by atoms with van der Waals surface area (Å²) in [4.78, 5) is 16.3. The smallest absolute Gasteiger partial charge is 0.264 e. The summed E-state index contributed by atoms with van der Waals surface area (Å²) in [5, 5.41) is 11.8. The van der Waals surface area contributed by atoms with Crippen molar-refractivity contribution in [3.05, 3.63) is 64.4 Å². The van der Waals surface area contributed by atoms with Gasteiger partial charge in [-0.1, -0.05) is 18.2 Å². The van der Waals surface area contributed by atoms with E-state index in [4.69, 9.17) is 17.0 Å². The summed E-state index contributed by atoms with van der Waals surface area (Å²) >= 11 is 6.46. The third kappa shape index (κ3) is 4.86. The molecule has 0 radical (unpaired) electrons. The zero-order valence-corrected chi connectivity index (χ0v) is 15.8. The molecule has 3 rings (SSSR count). The fourth-order valence-electron chi connectivity index (χ4n) is 2.27. The number of amides is 1. The minimum absolute atomic E-state index is 0.0255. The Morgan fingerprint density at radius 2 is 2.30 bits per heavy atom. The molecule has 0 saturated heterocycles. The molecule has 0 aliphatic heterocycles. The molecule has 7 nitrogen and oxygen atoms in total. The van der Waals surface area contributed by atoms with E-state index in [9.17, 15) is 9.18 Å².